The highest BCUT2D eigenvalue weighted by molar-refractivity contribution is 8.00. The third kappa shape index (κ3) is 3.31. The Labute approximate surface area is 144 Å². The van der Waals surface area contributed by atoms with Crippen molar-refractivity contribution in [3.63, 3.8) is 0 Å². The second-order valence-corrected chi connectivity index (χ2v) is 6.52. The standard InChI is InChI=1S/C15H11N3O4S2/c1-23-15-18-17-14(24-15)11-9(21-8-5-3-2-4-6-8)7-10(19)22-12(11)13(16)20/h2-7H,1H3,(H2,16,20). The fourth-order valence-electron chi connectivity index (χ4n) is 1.94. The van der Waals surface area contributed by atoms with Crippen molar-refractivity contribution in [2.24, 2.45) is 5.73 Å². The minimum atomic E-state index is -0.887. The molecule has 0 aliphatic heterocycles. The van der Waals surface area contributed by atoms with E-state index in [2.05, 4.69) is 10.2 Å². The van der Waals surface area contributed by atoms with Crippen LogP contribution in [0.2, 0.25) is 0 Å². The van der Waals surface area contributed by atoms with E-state index in [1.807, 2.05) is 12.3 Å². The zero-order valence-corrected chi connectivity index (χ0v) is 14.0. The number of amides is 1. The fraction of sp³-hybridized carbons (Fsp3) is 0.0667. The molecule has 7 nitrogen and oxygen atoms in total. The SMILES string of the molecule is CSc1nnc(-c2c(Oc3ccccc3)cc(=O)oc2C(N)=O)s1. The molecule has 0 aliphatic carbocycles. The maximum atomic E-state index is 11.8. The Balaban J connectivity index is 2.19. The summed E-state index contributed by atoms with van der Waals surface area (Å²) >= 11 is 2.65. The molecule has 1 amide bonds. The van der Waals surface area contributed by atoms with Gasteiger partial charge in [0.2, 0.25) is 5.76 Å². The van der Waals surface area contributed by atoms with Gasteiger partial charge in [0.05, 0.1) is 6.07 Å². The van der Waals surface area contributed by atoms with Crippen LogP contribution in [0.3, 0.4) is 0 Å². The highest BCUT2D eigenvalue weighted by Crippen LogP contribution is 2.38. The van der Waals surface area contributed by atoms with E-state index in [4.69, 9.17) is 14.9 Å². The number of rotatable bonds is 5. The summed E-state index contributed by atoms with van der Waals surface area (Å²) < 4.78 is 11.4. The highest BCUT2D eigenvalue weighted by Gasteiger charge is 2.24. The van der Waals surface area contributed by atoms with E-state index in [1.165, 1.54) is 23.1 Å². The van der Waals surface area contributed by atoms with Gasteiger partial charge in [0.1, 0.15) is 17.1 Å². The molecule has 2 heterocycles. The molecule has 0 spiro atoms. The summed E-state index contributed by atoms with van der Waals surface area (Å²) in [7, 11) is 0. The lowest BCUT2D eigenvalue weighted by atomic mass is 10.2. The number of nitrogens with two attached hydrogens (primary N) is 1. The van der Waals surface area contributed by atoms with Crippen LogP contribution in [0, 0.1) is 0 Å². The number of carbonyl (C=O) groups excluding carboxylic acids is 1. The zero-order valence-electron chi connectivity index (χ0n) is 12.4. The Morgan fingerprint density at radius 3 is 2.67 bits per heavy atom. The third-order valence-corrected chi connectivity index (χ3v) is 4.83. The molecule has 3 aromatic rings. The van der Waals surface area contributed by atoms with Gasteiger partial charge in [0, 0.05) is 0 Å². The summed E-state index contributed by atoms with van der Waals surface area (Å²) in [5.74, 6) is -0.567. The van der Waals surface area contributed by atoms with E-state index in [0.717, 1.165) is 6.07 Å². The van der Waals surface area contributed by atoms with Crippen LogP contribution in [0.25, 0.3) is 10.6 Å². The third-order valence-electron chi connectivity index (χ3n) is 2.91. The second-order valence-electron chi connectivity index (χ2n) is 4.49. The minimum absolute atomic E-state index is 0.134. The van der Waals surface area contributed by atoms with Gasteiger partial charge in [-0.15, -0.1) is 10.2 Å². The maximum absolute atomic E-state index is 11.8. The monoisotopic (exact) mass is 361 g/mol. The number of benzene rings is 1. The van der Waals surface area contributed by atoms with Gasteiger partial charge < -0.3 is 14.9 Å². The lowest BCUT2D eigenvalue weighted by Gasteiger charge is -2.10. The Kier molecular flexibility index (Phi) is 4.63. The van der Waals surface area contributed by atoms with Crippen LogP contribution >= 0.6 is 23.1 Å². The van der Waals surface area contributed by atoms with E-state index in [0.29, 0.717) is 15.1 Å². The zero-order chi connectivity index (χ0) is 17.1. The molecule has 0 fully saturated rings. The van der Waals surface area contributed by atoms with Crippen LogP contribution in [0.5, 0.6) is 11.5 Å². The molecule has 0 saturated carbocycles. The maximum Gasteiger partial charge on any atom is 0.340 e. The number of hydrogen-bond donors (Lipinski definition) is 1. The quantitative estimate of drug-likeness (QED) is 0.696. The summed E-state index contributed by atoms with van der Waals surface area (Å²) in [6.07, 6.45) is 1.85. The van der Waals surface area contributed by atoms with Crippen molar-refractivity contribution < 1.29 is 13.9 Å². The second kappa shape index (κ2) is 6.85. The van der Waals surface area contributed by atoms with Gasteiger partial charge >= 0.3 is 5.63 Å². The van der Waals surface area contributed by atoms with Crippen LogP contribution in [0.1, 0.15) is 10.6 Å². The van der Waals surface area contributed by atoms with Crippen molar-refractivity contribution in [2.45, 2.75) is 4.34 Å². The van der Waals surface area contributed by atoms with E-state index in [1.54, 1.807) is 24.3 Å². The number of nitrogens with zero attached hydrogens (tertiary/aromatic N) is 2. The molecule has 3 rings (SSSR count). The number of aromatic nitrogens is 2. The van der Waals surface area contributed by atoms with Gasteiger partial charge in [0.15, 0.2) is 9.35 Å². The molecular weight excluding hydrogens is 350 g/mol. The van der Waals surface area contributed by atoms with Gasteiger partial charge in [-0.2, -0.15) is 0 Å². The van der Waals surface area contributed by atoms with Crippen molar-refractivity contribution in [1.29, 1.82) is 0 Å². The van der Waals surface area contributed by atoms with Crippen molar-refractivity contribution in [3.05, 3.63) is 52.6 Å². The molecule has 0 bridgehead atoms. The summed E-state index contributed by atoms with van der Waals surface area (Å²) in [5, 5.41) is 8.39. The van der Waals surface area contributed by atoms with E-state index in [9.17, 15) is 9.59 Å². The normalized spacial score (nSPS) is 10.5. The van der Waals surface area contributed by atoms with Crippen LogP contribution in [-0.4, -0.2) is 22.4 Å². The molecule has 24 heavy (non-hydrogen) atoms. The number of primary amides is 1. The molecule has 122 valence electrons. The Morgan fingerprint density at radius 1 is 1.29 bits per heavy atom. The average molecular weight is 361 g/mol. The molecule has 0 unspecified atom stereocenters. The molecular formula is C15H11N3O4S2. The predicted octanol–water partition coefficient (Wildman–Crippen LogP) is 2.77. The van der Waals surface area contributed by atoms with Crippen molar-refractivity contribution >= 4 is 29.0 Å². The van der Waals surface area contributed by atoms with Gasteiger partial charge in [0.25, 0.3) is 5.91 Å². The first-order valence-corrected chi connectivity index (χ1v) is 8.71. The summed E-state index contributed by atoms with van der Waals surface area (Å²) in [5.41, 5.74) is 4.82. The number of carbonyl (C=O) groups is 1. The molecule has 0 radical (unpaired) electrons. The highest BCUT2D eigenvalue weighted by atomic mass is 32.2. The molecule has 9 heteroatoms. The van der Waals surface area contributed by atoms with Crippen molar-refractivity contribution in [2.75, 3.05) is 6.26 Å². The Bertz CT molecular complexity index is 937. The van der Waals surface area contributed by atoms with Crippen LogP contribution < -0.4 is 16.1 Å². The first-order valence-electron chi connectivity index (χ1n) is 6.67. The van der Waals surface area contributed by atoms with Crippen LogP contribution in [0.4, 0.5) is 0 Å². The molecule has 0 saturated heterocycles. The molecule has 0 atom stereocenters. The van der Waals surface area contributed by atoms with Crippen molar-refractivity contribution in [3.8, 4) is 22.1 Å². The Morgan fingerprint density at radius 2 is 2.04 bits per heavy atom. The van der Waals surface area contributed by atoms with Crippen molar-refractivity contribution in [1.82, 2.24) is 10.2 Å². The number of ether oxygens (including phenoxy) is 1. The van der Waals surface area contributed by atoms with Gasteiger partial charge in [-0.25, -0.2) is 4.79 Å². The summed E-state index contributed by atoms with van der Waals surface area (Å²) in [6, 6.07) is 9.98. The first kappa shape index (κ1) is 16.2. The van der Waals surface area contributed by atoms with E-state index in [-0.39, 0.29) is 17.1 Å². The van der Waals surface area contributed by atoms with E-state index < -0.39 is 11.5 Å². The molecule has 2 N–H and O–H groups in total. The molecule has 2 aromatic heterocycles. The smallest absolute Gasteiger partial charge is 0.340 e. The Hall–Kier alpha value is -2.65. The average Bonchev–Trinajstić information content (AvgIpc) is 3.04. The number of hydrogen-bond acceptors (Lipinski definition) is 8. The minimum Gasteiger partial charge on any atom is -0.456 e. The van der Waals surface area contributed by atoms with Crippen LogP contribution in [0.15, 0.2) is 49.9 Å². The largest absolute Gasteiger partial charge is 0.456 e. The first-order chi connectivity index (χ1) is 11.6. The summed E-state index contributed by atoms with van der Waals surface area (Å²) in [4.78, 5) is 23.5. The van der Waals surface area contributed by atoms with E-state index >= 15 is 0 Å². The van der Waals surface area contributed by atoms with Crippen LogP contribution in [-0.2, 0) is 0 Å². The fourth-order valence-corrected chi connectivity index (χ4v) is 3.25. The lowest BCUT2D eigenvalue weighted by molar-refractivity contribution is 0.0970. The number of thioether (sulfide) groups is 1. The lowest BCUT2D eigenvalue weighted by Crippen LogP contribution is -2.16. The summed E-state index contributed by atoms with van der Waals surface area (Å²) in [6.45, 7) is 0. The van der Waals surface area contributed by atoms with Gasteiger partial charge in [-0.05, 0) is 18.4 Å². The van der Waals surface area contributed by atoms with Gasteiger partial charge in [-0.1, -0.05) is 41.3 Å². The predicted molar refractivity (Wildman–Crippen MR) is 90.7 cm³/mol. The topological polar surface area (TPSA) is 108 Å². The number of para-hydroxylation sites is 1. The van der Waals surface area contributed by atoms with Gasteiger partial charge in [-0.3, -0.25) is 4.79 Å². The molecule has 0 aliphatic rings. The molecule has 1 aromatic carbocycles.